The molecule has 3 aromatic rings. The molecular weight excluding hydrogens is 368 g/mol. The van der Waals surface area contributed by atoms with Gasteiger partial charge in [0.1, 0.15) is 6.07 Å². The molecule has 29 heavy (non-hydrogen) atoms. The predicted molar refractivity (Wildman–Crippen MR) is 108 cm³/mol. The second kappa shape index (κ2) is 7.74. The Labute approximate surface area is 167 Å². The van der Waals surface area contributed by atoms with E-state index < -0.39 is 0 Å². The zero-order valence-electron chi connectivity index (χ0n) is 16.1. The van der Waals surface area contributed by atoms with Gasteiger partial charge in [0, 0.05) is 32.7 Å². The molecule has 146 valence electrons. The van der Waals surface area contributed by atoms with Crippen LogP contribution in [0.1, 0.15) is 23.9 Å². The lowest BCUT2D eigenvalue weighted by atomic mass is 10.1. The number of nitriles is 2. The van der Waals surface area contributed by atoms with Crippen LogP contribution in [0.3, 0.4) is 0 Å². The van der Waals surface area contributed by atoms with E-state index in [1.807, 2.05) is 17.6 Å². The maximum absolute atomic E-state index is 13.3. The molecule has 0 atom stereocenters. The molecule has 1 aliphatic heterocycles. The highest BCUT2D eigenvalue weighted by molar-refractivity contribution is 5.74. The average Bonchev–Trinajstić information content (AvgIpc) is 3.15. The summed E-state index contributed by atoms with van der Waals surface area (Å²) in [6.45, 7) is 6.06. The SMILES string of the molecule is CCn1c(N2CCNCC2)nc2nc(C#N)n(Cc3ccc(C#N)cc3)c(=O)c21. The fourth-order valence-corrected chi connectivity index (χ4v) is 3.61. The topological polar surface area (TPSA) is 116 Å². The number of piperazine rings is 1. The van der Waals surface area contributed by atoms with Crippen molar-refractivity contribution in [3.05, 3.63) is 51.6 Å². The third kappa shape index (κ3) is 3.33. The maximum Gasteiger partial charge on any atom is 0.280 e. The minimum Gasteiger partial charge on any atom is -0.340 e. The number of nitrogens with zero attached hydrogens (tertiary/aromatic N) is 7. The third-order valence-electron chi connectivity index (χ3n) is 5.08. The van der Waals surface area contributed by atoms with Gasteiger partial charge in [-0.15, -0.1) is 0 Å². The van der Waals surface area contributed by atoms with Crippen molar-refractivity contribution in [2.24, 2.45) is 0 Å². The van der Waals surface area contributed by atoms with Gasteiger partial charge in [-0.1, -0.05) is 12.1 Å². The first-order chi connectivity index (χ1) is 14.2. The summed E-state index contributed by atoms with van der Waals surface area (Å²) in [7, 11) is 0. The van der Waals surface area contributed by atoms with Gasteiger partial charge in [0.15, 0.2) is 11.2 Å². The highest BCUT2D eigenvalue weighted by atomic mass is 16.1. The van der Waals surface area contributed by atoms with Crippen molar-refractivity contribution in [2.45, 2.75) is 20.0 Å². The fraction of sp³-hybridized carbons (Fsp3) is 0.350. The molecule has 1 aromatic carbocycles. The number of rotatable bonds is 4. The molecule has 1 N–H and O–H groups in total. The molecule has 0 spiro atoms. The highest BCUT2D eigenvalue weighted by Gasteiger charge is 2.23. The Hall–Kier alpha value is -3.69. The molecule has 1 saturated heterocycles. The summed E-state index contributed by atoms with van der Waals surface area (Å²) < 4.78 is 3.26. The summed E-state index contributed by atoms with van der Waals surface area (Å²) >= 11 is 0. The summed E-state index contributed by atoms with van der Waals surface area (Å²) in [4.78, 5) is 24.5. The number of anilines is 1. The smallest absolute Gasteiger partial charge is 0.280 e. The van der Waals surface area contributed by atoms with Crippen molar-refractivity contribution in [1.82, 2.24) is 24.4 Å². The quantitative estimate of drug-likeness (QED) is 0.703. The molecule has 4 rings (SSSR count). The van der Waals surface area contributed by atoms with Crippen LogP contribution in [-0.4, -0.2) is 45.3 Å². The Bertz CT molecular complexity index is 1190. The first-order valence-corrected chi connectivity index (χ1v) is 9.52. The molecule has 2 aromatic heterocycles. The summed E-state index contributed by atoms with van der Waals surface area (Å²) in [5, 5.41) is 21.8. The van der Waals surface area contributed by atoms with Crippen LogP contribution >= 0.6 is 0 Å². The monoisotopic (exact) mass is 388 g/mol. The van der Waals surface area contributed by atoms with Crippen LogP contribution in [-0.2, 0) is 13.1 Å². The Morgan fingerprint density at radius 1 is 1.07 bits per heavy atom. The summed E-state index contributed by atoms with van der Waals surface area (Å²) in [6, 6.07) is 11.0. The Morgan fingerprint density at radius 3 is 2.41 bits per heavy atom. The van der Waals surface area contributed by atoms with Gasteiger partial charge in [-0.25, -0.2) is 0 Å². The zero-order chi connectivity index (χ0) is 20.4. The van der Waals surface area contributed by atoms with E-state index in [2.05, 4.69) is 26.3 Å². The molecule has 3 heterocycles. The van der Waals surface area contributed by atoms with E-state index in [1.54, 1.807) is 24.3 Å². The van der Waals surface area contributed by atoms with E-state index in [-0.39, 0.29) is 17.9 Å². The first kappa shape index (κ1) is 18.7. The van der Waals surface area contributed by atoms with Crippen molar-refractivity contribution in [3.63, 3.8) is 0 Å². The number of hydrogen-bond acceptors (Lipinski definition) is 7. The van der Waals surface area contributed by atoms with E-state index in [0.29, 0.717) is 29.2 Å². The van der Waals surface area contributed by atoms with Crippen LogP contribution in [0, 0.1) is 22.7 Å². The minimum absolute atomic E-state index is 0.0273. The second-order valence-corrected chi connectivity index (χ2v) is 6.81. The van der Waals surface area contributed by atoms with Crippen LogP contribution in [0.15, 0.2) is 29.1 Å². The van der Waals surface area contributed by atoms with Crippen molar-refractivity contribution < 1.29 is 0 Å². The molecule has 9 nitrogen and oxygen atoms in total. The van der Waals surface area contributed by atoms with Crippen LogP contribution in [0.5, 0.6) is 0 Å². The second-order valence-electron chi connectivity index (χ2n) is 6.81. The Kier molecular flexibility index (Phi) is 4.98. The van der Waals surface area contributed by atoms with Crippen LogP contribution < -0.4 is 15.8 Å². The third-order valence-corrected chi connectivity index (χ3v) is 5.08. The van der Waals surface area contributed by atoms with Crippen molar-refractivity contribution in [2.75, 3.05) is 31.1 Å². The predicted octanol–water partition coefficient (Wildman–Crippen LogP) is 0.814. The summed E-state index contributed by atoms with van der Waals surface area (Å²) in [5.41, 5.74) is 1.78. The molecule has 9 heteroatoms. The van der Waals surface area contributed by atoms with E-state index in [1.165, 1.54) is 4.57 Å². The van der Waals surface area contributed by atoms with Gasteiger partial charge >= 0.3 is 0 Å². The molecule has 1 fully saturated rings. The van der Waals surface area contributed by atoms with Gasteiger partial charge in [0.2, 0.25) is 11.8 Å². The molecule has 1 aliphatic rings. The van der Waals surface area contributed by atoms with Crippen LogP contribution in [0.2, 0.25) is 0 Å². The number of aromatic nitrogens is 4. The normalized spacial score (nSPS) is 14.0. The van der Waals surface area contributed by atoms with Gasteiger partial charge in [0.05, 0.1) is 18.2 Å². The lowest BCUT2D eigenvalue weighted by Crippen LogP contribution is -2.44. The van der Waals surface area contributed by atoms with Gasteiger partial charge in [-0.2, -0.15) is 20.5 Å². The molecule has 0 bridgehead atoms. The highest BCUT2D eigenvalue weighted by Crippen LogP contribution is 2.20. The van der Waals surface area contributed by atoms with E-state index >= 15 is 0 Å². The molecule has 0 saturated carbocycles. The van der Waals surface area contributed by atoms with Crippen LogP contribution in [0.25, 0.3) is 11.2 Å². The fourth-order valence-electron chi connectivity index (χ4n) is 3.61. The van der Waals surface area contributed by atoms with Crippen molar-refractivity contribution >= 4 is 17.1 Å². The summed E-state index contributed by atoms with van der Waals surface area (Å²) in [6.07, 6.45) is 0. The van der Waals surface area contributed by atoms with Gasteiger partial charge in [0.25, 0.3) is 5.56 Å². The van der Waals surface area contributed by atoms with Crippen molar-refractivity contribution in [1.29, 1.82) is 10.5 Å². The number of nitrogens with one attached hydrogen (secondary N) is 1. The molecule has 0 aliphatic carbocycles. The van der Waals surface area contributed by atoms with Crippen molar-refractivity contribution in [3.8, 4) is 12.1 Å². The largest absolute Gasteiger partial charge is 0.340 e. The maximum atomic E-state index is 13.3. The summed E-state index contributed by atoms with van der Waals surface area (Å²) in [5.74, 6) is 0.744. The van der Waals surface area contributed by atoms with E-state index in [0.717, 1.165) is 31.7 Å². The van der Waals surface area contributed by atoms with Gasteiger partial charge in [-0.3, -0.25) is 9.36 Å². The van der Waals surface area contributed by atoms with Gasteiger partial charge in [-0.05, 0) is 24.6 Å². The average molecular weight is 388 g/mol. The number of fused-ring (bicyclic) bond motifs is 1. The standard InChI is InChI=1S/C20H20N8O/c1-2-27-17-18(25-20(27)26-9-7-23-8-10-26)24-16(12-22)28(19(17)29)13-15-5-3-14(11-21)4-6-15/h3-6,23H,2,7-10,13H2,1H3. The van der Waals surface area contributed by atoms with E-state index in [9.17, 15) is 10.1 Å². The zero-order valence-corrected chi connectivity index (χ0v) is 16.1. The number of aryl methyl sites for hydroxylation is 1. The number of benzene rings is 1. The molecular formula is C20H20N8O. The van der Waals surface area contributed by atoms with Gasteiger partial charge < -0.3 is 14.8 Å². The Morgan fingerprint density at radius 2 is 1.79 bits per heavy atom. The van der Waals surface area contributed by atoms with Crippen LogP contribution in [0.4, 0.5) is 5.95 Å². The van der Waals surface area contributed by atoms with E-state index in [4.69, 9.17) is 5.26 Å². The number of hydrogen-bond donors (Lipinski definition) is 1. The first-order valence-electron chi connectivity index (χ1n) is 9.52. The Balaban J connectivity index is 1.84. The number of imidazole rings is 1. The molecule has 0 radical (unpaired) electrons. The lowest BCUT2D eigenvalue weighted by molar-refractivity contribution is 0.569. The minimum atomic E-state index is -0.286. The molecule has 0 amide bonds. The lowest BCUT2D eigenvalue weighted by Gasteiger charge is -2.28. The molecule has 0 unspecified atom stereocenters.